The molecule has 1 unspecified atom stereocenters. The maximum absolute atomic E-state index is 13.5. The zero-order valence-corrected chi connectivity index (χ0v) is 9.93. The third-order valence-corrected chi connectivity index (χ3v) is 2.56. The summed E-state index contributed by atoms with van der Waals surface area (Å²) in [4.78, 5) is 1.24. The number of aryl methyl sites for hydroxylation is 2. The van der Waals surface area contributed by atoms with E-state index in [0.717, 1.165) is 6.07 Å². The molecule has 7 heteroatoms. The fraction of sp³-hybridized carbons (Fsp3) is 0.364. The van der Waals surface area contributed by atoms with Crippen molar-refractivity contribution in [3.63, 3.8) is 0 Å². The maximum Gasteiger partial charge on any atom is 0.177 e. The van der Waals surface area contributed by atoms with Crippen molar-refractivity contribution in [1.82, 2.24) is 20.2 Å². The summed E-state index contributed by atoms with van der Waals surface area (Å²) in [5.74, 6) is -1.12. The van der Waals surface area contributed by atoms with Crippen LogP contribution in [0.1, 0.15) is 23.1 Å². The Morgan fingerprint density at radius 3 is 2.67 bits per heavy atom. The van der Waals surface area contributed by atoms with Crippen LogP contribution in [0.25, 0.3) is 0 Å². The van der Waals surface area contributed by atoms with E-state index in [1.165, 1.54) is 17.8 Å². The van der Waals surface area contributed by atoms with E-state index in [-0.39, 0.29) is 17.5 Å². The number of tetrazole rings is 1. The fourth-order valence-corrected chi connectivity index (χ4v) is 1.62. The van der Waals surface area contributed by atoms with Gasteiger partial charge < -0.3 is 5.11 Å². The Labute approximate surface area is 102 Å². The van der Waals surface area contributed by atoms with E-state index in [4.69, 9.17) is 0 Å². The third kappa shape index (κ3) is 2.51. The molecule has 1 aromatic carbocycles. The molecule has 1 aromatic heterocycles. The Balaban J connectivity index is 2.23. The van der Waals surface area contributed by atoms with E-state index in [2.05, 4.69) is 15.4 Å². The van der Waals surface area contributed by atoms with Crippen molar-refractivity contribution in [2.45, 2.75) is 19.4 Å². The van der Waals surface area contributed by atoms with E-state index in [1.54, 1.807) is 7.05 Å². The zero-order valence-electron chi connectivity index (χ0n) is 9.93. The summed E-state index contributed by atoms with van der Waals surface area (Å²) in [6.07, 6.45) is -1.11. The van der Waals surface area contributed by atoms with Gasteiger partial charge in [0.05, 0.1) is 13.2 Å². The molecule has 1 atom stereocenters. The molecule has 0 radical (unpaired) electrons. The molecule has 0 fully saturated rings. The summed E-state index contributed by atoms with van der Waals surface area (Å²) in [5.41, 5.74) is 0.305. The topological polar surface area (TPSA) is 63.8 Å². The quantitative estimate of drug-likeness (QED) is 0.890. The lowest BCUT2D eigenvalue weighted by Gasteiger charge is -2.11. The number of aliphatic hydroxyl groups is 1. The molecule has 1 N–H and O–H groups in total. The van der Waals surface area contributed by atoms with Gasteiger partial charge in [-0.15, -0.1) is 10.2 Å². The van der Waals surface area contributed by atoms with Crippen LogP contribution in [-0.2, 0) is 13.5 Å². The molecule has 2 rings (SSSR count). The second-order valence-electron chi connectivity index (χ2n) is 4.04. The molecule has 5 nitrogen and oxygen atoms in total. The number of aromatic nitrogens is 4. The Kier molecular flexibility index (Phi) is 3.33. The molecule has 0 saturated heterocycles. The van der Waals surface area contributed by atoms with Gasteiger partial charge in [0.25, 0.3) is 0 Å². The van der Waals surface area contributed by atoms with Gasteiger partial charge in [-0.25, -0.2) is 8.78 Å². The number of benzene rings is 1. The lowest BCUT2D eigenvalue weighted by molar-refractivity contribution is 0.170. The monoisotopic (exact) mass is 254 g/mol. The molecule has 0 aliphatic carbocycles. The van der Waals surface area contributed by atoms with Crippen molar-refractivity contribution in [3.8, 4) is 0 Å². The molecule has 0 amide bonds. The third-order valence-electron chi connectivity index (χ3n) is 2.56. The van der Waals surface area contributed by atoms with Gasteiger partial charge in [0.1, 0.15) is 11.6 Å². The van der Waals surface area contributed by atoms with Crippen molar-refractivity contribution in [3.05, 3.63) is 40.7 Å². The largest absolute Gasteiger partial charge is 0.388 e. The number of aliphatic hydroxyl groups excluding tert-OH is 1. The Morgan fingerprint density at radius 2 is 2.06 bits per heavy atom. The van der Waals surface area contributed by atoms with Gasteiger partial charge in [0, 0.05) is 18.1 Å². The van der Waals surface area contributed by atoms with Crippen LogP contribution in [-0.4, -0.2) is 25.3 Å². The van der Waals surface area contributed by atoms with E-state index in [1.807, 2.05) is 0 Å². The first-order chi connectivity index (χ1) is 8.47. The first-order valence-corrected chi connectivity index (χ1v) is 5.34. The highest BCUT2D eigenvalue weighted by molar-refractivity contribution is 5.27. The van der Waals surface area contributed by atoms with Gasteiger partial charge in [0.2, 0.25) is 0 Å². The fourth-order valence-electron chi connectivity index (χ4n) is 1.62. The van der Waals surface area contributed by atoms with Crippen molar-refractivity contribution < 1.29 is 13.9 Å². The molecule has 0 bridgehead atoms. The zero-order chi connectivity index (χ0) is 13.3. The average molecular weight is 254 g/mol. The summed E-state index contributed by atoms with van der Waals surface area (Å²) in [6.45, 7) is 1.51. The first-order valence-electron chi connectivity index (χ1n) is 5.34. The van der Waals surface area contributed by atoms with Crippen molar-refractivity contribution >= 4 is 0 Å². The second-order valence-corrected chi connectivity index (χ2v) is 4.04. The van der Waals surface area contributed by atoms with Crippen LogP contribution >= 0.6 is 0 Å². The van der Waals surface area contributed by atoms with Crippen LogP contribution in [0.3, 0.4) is 0 Å². The molecule has 0 aliphatic rings. The molecule has 18 heavy (non-hydrogen) atoms. The molecule has 0 aliphatic heterocycles. The number of hydrogen-bond acceptors (Lipinski definition) is 4. The van der Waals surface area contributed by atoms with Crippen LogP contribution in [0.2, 0.25) is 0 Å². The highest BCUT2D eigenvalue weighted by Crippen LogP contribution is 2.22. The van der Waals surface area contributed by atoms with Gasteiger partial charge in [-0.2, -0.15) is 4.80 Å². The maximum atomic E-state index is 13.5. The summed E-state index contributed by atoms with van der Waals surface area (Å²) in [7, 11) is 1.59. The predicted molar refractivity (Wildman–Crippen MR) is 58.6 cm³/mol. The molecule has 96 valence electrons. The minimum absolute atomic E-state index is 0.0236. The van der Waals surface area contributed by atoms with Gasteiger partial charge in [-0.3, -0.25) is 0 Å². The highest BCUT2D eigenvalue weighted by atomic mass is 19.1. The SMILES string of the molecule is Cc1cc(C(O)Cc2nnn(C)n2)c(F)cc1F. The molecular formula is C11H12F2N4O. The lowest BCUT2D eigenvalue weighted by Crippen LogP contribution is -2.07. The molecule has 0 spiro atoms. The number of rotatable bonds is 3. The lowest BCUT2D eigenvalue weighted by atomic mass is 10.0. The number of hydrogen-bond donors (Lipinski definition) is 1. The molecular weight excluding hydrogens is 242 g/mol. The summed E-state index contributed by atoms with van der Waals surface area (Å²) in [5, 5.41) is 21.1. The van der Waals surface area contributed by atoms with Crippen molar-refractivity contribution in [2.24, 2.45) is 7.05 Å². The van der Waals surface area contributed by atoms with Gasteiger partial charge in [-0.05, 0) is 23.8 Å². The van der Waals surface area contributed by atoms with Crippen LogP contribution in [0.4, 0.5) is 8.78 Å². The minimum atomic E-state index is -1.13. The van der Waals surface area contributed by atoms with Crippen LogP contribution < -0.4 is 0 Å². The average Bonchev–Trinajstić information content (AvgIpc) is 2.69. The van der Waals surface area contributed by atoms with Gasteiger partial charge in [0.15, 0.2) is 5.82 Å². The summed E-state index contributed by atoms with van der Waals surface area (Å²) < 4.78 is 26.6. The second kappa shape index (κ2) is 4.77. The van der Waals surface area contributed by atoms with E-state index in [9.17, 15) is 13.9 Å². The molecule has 1 heterocycles. The number of halogens is 2. The van der Waals surface area contributed by atoms with Crippen molar-refractivity contribution in [1.29, 1.82) is 0 Å². The van der Waals surface area contributed by atoms with Gasteiger partial charge in [-0.1, -0.05) is 0 Å². The normalized spacial score (nSPS) is 12.7. The van der Waals surface area contributed by atoms with E-state index in [0.29, 0.717) is 5.82 Å². The first kappa shape index (κ1) is 12.6. The smallest absolute Gasteiger partial charge is 0.177 e. The van der Waals surface area contributed by atoms with E-state index >= 15 is 0 Å². The standard InChI is InChI=1S/C11H12F2N4O/c1-6-3-7(9(13)4-8(6)12)10(18)5-11-14-16-17(2)15-11/h3-4,10,18H,5H2,1-2H3. The Morgan fingerprint density at radius 1 is 1.33 bits per heavy atom. The van der Waals surface area contributed by atoms with Crippen molar-refractivity contribution in [2.75, 3.05) is 0 Å². The van der Waals surface area contributed by atoms with E-state index < -0.39 is 17.7 Å². The molecule has 0 saturated carbocycles. The number of nitrogens with zero attached hydrogens (tertiary/aromatic N) is 4. The van der Waals surface area contributed by atoms with Gasteiger partial charge >= 0.3 is 0 Å². The Bertz CT molecular complexity index is 570. The highest BCUT2D eigenvalue weighted by Gasteiger charge is 2.17. The predicted octanol–water partition coefficient (Wildman–Crippen LogP) is 1.07. The molecule has 2 aromatic rings. The van der Waals surface area contributed by atoms with Crippen LogP contribution in [0.5, 0.6) is 0 Å². The Hall–Kier alpha value is -1.89. The van der Waals surface area contributed by atoms with Crippen LogP contribution in [0, 0.1) is 18.6 Å². The van der Waals surface area contributed by atoms with Crippen LogP contribution in [0.15, 0.2) is 12.1 Å². The summed E-state index contributed by atoms with van der Waals surface area (Å²) >= 11 is 0. The minimum Gasteiger partial charge on any atom is -0.388 e. The summed E-state index contributed by atoms with van der Waals surface area (Å²) in [6, 6.07) is 2.05.